The molecule has 1 N–H and O–H groups in total. The van der Waals surface area contributed by atoms with Gasteiger partial charge in [-0.3, -0.25) is 0 Å². The van der Waals surface area contributed by atoms with Crippen LogP contribution in [0.2, 0.25) is 0 Å². The van der Waals surface area contributed by atoms with Gasteiger partial charge in [0.15, 0.2) is 0 Å². The third-order valence-corrected chi connectivity index (χ3v) is 4.75. The highest BCUT2D eigenvalue weighted by Crippen LogP contribution is 2.26. The molecule has 134 valence electrons. The van der Waals surface area contributed by atoms with Crippen molar-refractivity contribution < 1.29 is 9.18 Å². The standard InChI is InChI=1S/C18H24FN5O/c1-3-13-7-8-15(10-16(13)19)21-18(25)24-9-5-6-14(11-24)17-22-20-12-23(17)4-2/h7-8,10,12,14H,3-6,9,11H2,1-2H3,(H,21,25). The summed E-state index contributed by atoms with van der Waals surface area (Å²) in [5, 5.41) is 11.0. The summed E-state index contributed by atoms with van der Waals surface area (Å²) in [7, 11) is 0. The fraction of sp³-hybridized carbons (Fsp3) is 0.500. The summed E-state index contributed by atoms with van der Waals surface area (Å²) < 4.78 is 15.9. The maximum Gasteiger partial charge on any atom is 0.321 e. The van der Waals surface area contributed by atoms with E-state index in [1.165, 1.54) is 6.07 Å². The van der Waals surface area contributed by atoms with Crippen molar-refractivity contribution in [3.8, 4) is 0 Å². The number of benzene rings is 1. The number of rotatable bonds is 4. The number of piperidine rings is 1. The lowest BCUT2D eigenvalue weighted by Crippen LogP contribution is -2.42. The molecule has 1 aromatic carbocycles. The smallest absolute Gasteiger partial charge is 0.321 e. The highest BCUT2D eigenvalue weighted by Gasteiger charge is 2.27. The second-order valence-corrected chi connectivity index (χ2v) is 6.35. The number of aryl methyl sites for hydroxylation is 2. The molecule has 3 rings (SSSR count). The fourth-order valence-electron chi connectivity index (χ4n) is 3.31. The number of aromatic nitrogens is 3. The summed E-state index contributed by atoms with van der Waals surface area (Å²) in [5.74, 6) is 0.826. The van der Waals surface area contributed by atoms with Crippen molar-refractivity contribution in [2.75, 3.05) is 18.4 Å². The normalized spacial score (nSPS) is 17.6. The van der Waals surface area contributed by atoms with E-state index < -0.39 is 0 Å². The number of halogens is 1. The number of anilines is 1. The van der Waals surface area contributed by atoms with Crippen LogP contribution in [0.3, 0.4) is 0 Å². The Hall–Kier alpha value is -2.44. The molecule has 1 atom stereocenters. The number of hydrogen-bond donors (Lipinski definition) is 1. The first-order valence-electron chi connectivity index (χ1n) is 8.84. The maximum absolute atomic E-state index is 13.9. The molecular formula is C18H24FN5O. The van der Waals surface area contributed by atoms with Gasteiger partial charge in [0.2, 0.25) is 0 Å². The van der Waals surface area contributed by atoms with Crippen LogP contribution in [0, 0.1) is 5.82 Å². The number of likely N-dealkylation sites (tertiary alicyclic amines) is 1. The van der Waals surface area contributed by atoms with E-state index in [9.17, 15) is 9.18 Å². The van der Waals surface area contributed by atoms with Gasteiger partial charge in [0.25, 0.3) is 0 Å². The van der Waals surface area contributed by atoms with Gasteiger partial charge in [0, 0.05) is 31.2 Å². The van der Waals surface area contributed by atoms with Gasteiger partial charge in [-0.2, -0.15) is 0 Å². The van der Waals surface area contributed by atoms with E-state index in [0.717, 1.165) is 25.2 Å². The Morgan fingerprint density at radius 3 is 2.96 bits per heavy atom. The molecule has 1 aliphatic rings. The zero-order valence-corrected chi connectivity index (χ0v) is 14.7. The lowest BCUT2D eigenvalue weighted by atomic mass is 9.97. The van der Waals surface area contributed by atoms with Crippen molar-refractivity contribution in [3.05, 3.63) is 41.7 Å². The molecule has 1 fully saturated rings. The Morgan fingerprint density at radius 2 is 2.24 bits per heavy atom. The van der Waals surface area contributed by atoms with Crippen LogP contribution in [0.4, 0.5) is 14.9 Å². The van der Waals surface area contributed by atoms with Gasteiger partial charge in [0.1, 0.15) is 18.0 Å². The molecule has 1 aromatic heterocycles. The highest BCUT2D eigenvalue weighted by molar-refractivity contribution is 5.89. The molecule has 0 bridgehead atoms. The molecule has 1 saturated heterocycles. The number of nitrogens with one attached hydrogen (secondary N) is 1. The van der Waals surface area contributed by atoms with E-state index in [2.05, 4.69) is 22.4 Å². The summed E-state index contributed by atoms with van der Waals surface area (Å²) >= 11 is 0. The Kier molecular flexibility index (Phi) is 5.31. The molecule has 2 aromatic rings. The molecule has 6 nitrogen and oxygen atoms in total. The van der Waals surface area contributed by atoms with E-state index in [1.807, 2.05) is 11.5 Å². The van der Waals surface area contributed by atoms with Crippen molar-refractivity contribution in [1.29, 1.82) is 0 Å². The molecule has 25 heavy (non-hydrogen) atoms. The average Bonchev–Trinajstić information content (AvgIpc) is 3.11. The zero-order chi connectivity index (χ0) is 17.8. The number of carbonyl (C=O) groups excluding carboxylic acids is 1. The van der Waals surface area contributed by atoms with Gasteiger partial charge < -0.3 is 14.8 Å². The third kappa shape index (κ3) is 3.81. The number of amides is 2. The maximum atomic E-state index is 13.9. The first kappa shape index (κ1) is 17.4. The minimum Gasteiger partial charge on any atom is -0.324 e. The van der Waals surface area contributed by atoms with Crippen LogP contribution >= 0.6 is 0 Å². The highest BCUT2D eigenvalue weighted by atomic mass is 19.1. The summed E-state index contributed by atoms with van der Waals surface area (Å²) in [6.45, 7) is 6.06. The van der Waals surface area contributed by atoms with Crippen LogP contribution in [0.1, 0.15) is 44.0 Å². The zero-order valence-electron chi connectivity index (χ0n) is 14.7. The van der Waals surface area contributed by atoms with Crippen LogP contribution in [0.25, 0.3) is 0 Å². The lowest BCUT2D eigenvalue weighted by molar-refractivity contribution is 0.190. The van der Waals surface area contributed by atoms with Crippen molar-refractivity contribution in [2.24, 2.45) is 0 Å². The predicted molar refractivity (Wildman–Crippen MR) is 94.0 cm³/mol. The Balaban J connectivity index is 1.67. The quantitative estimate of drug-likeness (QED) is 0.923. The molecular weight excluding hydrogens is 321 g/mol. The number of hydrogen-bond acceptors (Lipinski definition) is 3. The van der Waals surface area contributed by atoms with Crippen LogP contribution in [0.15, 0.2) is 24.5 Å². The molecule has 0 radical (unpaired) electrons. The topological polar surface area (TPSA) is 63.1 Å². The molecule has 1 aliphatic heterocycles. The lowest BCUT2D eigenvalue weighted by Gasteiger charge is -2.32. The Bertz CT molecular complexity index is 745. The second-order valence-electron chi connectivity index (χ2n) is 6.35. The molecule has 1 unspecified atom stereocenters. The van der Waals surface area contributed by atoms with Crippen LogP contribution < -0.4 is 5.32 Å². The molecule has 2 heterocycles. The summed E-state index contributed by atoms with van der Waals surface area (Å²) in [6, 6.07) is 4.64. The Labute approximate surface area is 147 Å². The third-order valence-electron chi connectivity index (χ3n) is 4.75. The van der Waals surface area contributed by atoms with Crippen LogP contribution in [0.5, 0.6) is 0 Å². The molecule has 7 heteroatoms. The van der Waals surface area contributed by atoms with Crippen molar-refractivity contribution >= 4 is 11.7 Å². The minimum absolute atomic E-state index is 0.182. The van der Waals surface area contributed by atoms with E-state index in [0.29, 0.717) is 30.8 Å². The SMILES string of the molecule is CCc1ccc(NC(=O)N2CCCC(c3nncn3CC)C2)cc1F. The summed E-state index contributed by atoms with van der Waals surface area (Å²) in [6.07, 6.45) is 4.26. The molecule has 0 aliphatic carbocycles. The van der Waals surface area contributed by atoms with E-state index >= 15 is 0 Å². The fourth-order valence-corrected chi connectivity index (χ4v) is 3.31. The van der Waals surface area contributed by atoms with Crippen molar-refractivity contribution in [2.45, 2.75) is 45.6 Å². The van der Waals surface area contributed by atoms with Gasteiger partial charge in [-0.15, -0.1) is 10.2 Å². The van der Waals surface area contributed by atoms with Crippen LogP contribution in [-0.2, 0) is 13.0 Å². The summed E-state index contributed by atoms with van der Waals surface area (Å²) in [5.41, 5.74) is 1.13. The number of carbonyl (C=O) groups is 1. The predicted octanol–water partition coefficient (Wildman–Crippen LogP) is 3.41. The monoisotopic (exact) mass is 345 g/mol. The van der Waals surface area contributed by atoms with Crippen molar-refractivity contribution in [1.82, 2.24) is 19.7 Å². The van der Waals surface area contributed by atoms with Gasteiger partial charge in [-0.05, 0) is 43.9 Å². The number of nitrogens with zero attached hydrogens (tertiary/aromatic N) is 4. The van der Waals surface area contributed by atoms with E-state index in [1.54, 1.807) is 23.4 Å². The largest absolute Gasteiger partial charge is 0.324 e. The first-order chi connectivity index (χ1) is 12.1. The Morgan fingerprint density at radius 1 is 1.40 bits per heavy atom. The second kappa shape index (κ2) is 7.63. The van der Waals surface area contributed by atoms with E-state index in [-0.39, 0.29) is 17.8 Å². The van der Waals surface area contributed by atoms with Crippen LogP contribution in [-0.4, -0.2) is 38.8 Å². The molecule has 0 saturated carbocycles. The average molecular weight is 345 g/mol. The minimum atomic E-state index is -0.284. The van der Waals surface area contributed by atoms with Gasteiger partial charge >= 0.3 is 6.03 Å². The van der Waals surface area contributed by atoms with E-state index in [4.69, 9.17) is 0 Å². The first-order valence-corrected chi connectivity index (χ1v) is 8.84. The number of urea groups is 1. The molecule has 0 spiro atoms. The summed E-state index contributed by atoms with van der Waals surface area (Å²) in [4.78, 5) is 14.3. The van der Waals surface area contributed by atoms with Crippen molar-refractivity contribution in [3.63, 3.8) is 0 Å². The van der Waals surface area contributed by atoms with Gasteiger partial charge in [0.05, 0.1) is 0 Å². The molecule has 2 amide bonds. The van der Waals surface area contributed by atoms with Gasteiger partial charge in [-0.1, -0.05) is 13.0 Å². The van der Waals surface area contributed by atoms with Gasteiger partial charge in [-0.25, -0.2) is 9.18 Å².